The van der Waals surface area contributed by atoms with Crippen LogP contribution in [0.15, 0.2) is 67.0 Å². The number of pyridine rings is 1. The van der Waals surface area contributed by atoms with Crippen molar-refractivity contribution >= 4 is 26.7 Å². The fourth-order valence-corrected chi connectivity index (χ4v) is 4.19. The molecular weight excluding hydrogens is 390 g/mol. The lowest BCUT2D eigenvalue weighted by Gasteiger charge is -2.11. The van der Waals surface area contributed by atoms with Crippen molar-refractivity contribution in [3.8, 4) is 11.1 Å². The van der Waals surface area contributed by atoms with Gasteiger partial charge in [-0.2, -0.15) is 0 Å². The molecule has 0 saturated carbocycles. The molecule has 5 nitrogen and oxygen atoms in total. The van der Waals surface area contributed by atoms with Crippen LogP contribution in [0.1, 0.15) is 11.1 Å². The number of hydrogen-bond acceptors (Lipinski definition) is 6. The Bertz CT molecular complexity index is 1090. The topological polar surface area (TPSA) is 53.1 Å². The molecule has 0 aliphatic rings. The fraction of sp³-hybridized carbons (Fsp3) is 0.250. The van der Waals surface area contributed by atoms with Crippen LogP contribution in [-0.2, 0) is 13.1 Å². The highest BCUT2D eigenvalue weighted by atomic mass is 32.1. The van der Waals surface area contributed by atoms with Gasteiger partial charge in [0.25, 0.3) is 0 Å². The number of fused-ring (bicyclic) bond motifs is 1. The summed E-state index contributed by atoms with van der Waals surface area (Å²) in [5.74, 6) is 0. The summed E-state index contributed by atoms with van der Waals surface area (Å²) in [6.45, 7) is 3.69. The van der Waals surface area contributed by atoms with Gasteiger partial charge in [0.05, 0.1) is 10.2 Å². The van der Waals surface area contributed by atoms with Crippen molar-refractivity contribution in [3.63, 3.8) is 0 Å². The summed E-state index contributed by atoms with van der Waals surface area (Å²) < 4.78 is 1.19. The molecule has 0 aliphatic carbocycles. The minimum atomic E-state index is 0.766. The van der Waals surface area contributed by atoms with Crippen molar-refractivity contribution in [3.05, 3.63) is 78.1 Å². The third-order valence-electron chi connectivity index (χ3n) is 4.90. The van der Waals surface area contributed by atoms with Gasteiger partial charge >= 0.3 is 0 Å². The van der Waals surface area contributed by atoms with Gasteiger partial charge in [-0.25, -0.2) is 4.98 Å². The molecule has 0 bridgehead atoms. The van der Waals surface area contributed by atoms with Gasteiger partial charge < -0.3 is 15.5 Å². The van der Waals surface area contributed by atoms with Crippen LogP contribution >= 0.6 is 11.3 Å². The maximum Gasteiger partial charge on any atom is 0.184 e. The third kappa shape index (κ3) is 5.42. The number of rotatable bonds is 9. The van der Waals surface area contributed by atoms with Gasteiger partial charge in [0, 0.05) is 38.6 Å². The molecule has 0 radical (unpaired) electrons. The van der Waals surface area contributed by atoms with E-state index in [0.29, 0.717) is 0 Å². The summed E-state index contributed by atoms with van der Waals surface area (Å²) in [5, 5.41) is 7.93. The quantitative estimate of drug-likeness (QED) is 0.389. The zero-order valence-corrected chi connectivity index (χ0v) is 18.2. The van der Waals surface area contributed by atoms with Gasteiger partial charge in [0.15, 0.2) is 5.13 Å². The van der Waals surface area contributed by atoms with E-state index >= 15 is 0 Å². The molecule has 0 fully saturated rings. The van der Waals surface area contributed by atoms with Crippen LogP contribution in [0, 0.1) is 0 Å². The van der Waals surface area contributed by atoms with E-state index in [9.17, 15) is 0 Å². The first-order valence-corrected chi connectivity index (χ1v) is 11.0. The Hall–Kier alpha value is -2.80. The van der Waals surface area contributed by atoms with Crippen LogP contribution in [0.5, 0.6) is 0 Å². The average Bonchev–Trinajstić information content (AvgIpc) is 3.18. The van der Waals surface area contributed by atoms with Gasteiger partial charge in [-0.1, -0.05) is 41.7 Å². The molecule has 4 rings (SSSR count). The fourth-order valence-electron chi connectivity index (χ4n) is 3.29. The predicted octanol–water partition coefficient (Wildman–Crippen LogP) is 4.62. The lowest BCUT2D eigenvalue weighted by Crippen LogP contribution is -2.26. The van der Waals surface area contributed by atoms with Crippen molar-refractivity contribution in [2.75, 3.05) is 32.5 Å². The molecule has 0 amide bonds. The normalized spacial score (nSPS) is 11.3. The van der Waals surface area contributed by atoms with Crippen molar-refractivity contribution in [2.24, 2.45) is 0 Å². The Balaban J connectivity index is 1.38. The van der Waals surface area contributed by atoms with Gasteiger partial charge in [0.2, 0.25) is 0 Å². The first kappa shape index (κ1) is 20.5. The molecule has 2 N–H and O–H groups in total. The van der Waals surface area contributed by atoms with E-state index in [1.54, 1.807) is 11.3 Å². The van der Waals surface area contributed by atoms with Gasteiger partial charge in [-0.3, -0.25) is 4.98 Å². The zero-order valence-electron chi connectivity index (χ0n) is 17.4. The number of aromatic nitrogens is 2. The highest BCUT2D eigenvalue weighted by molar-refractivity contribution is 7.22. The van der Waals surface area contributed by atoms with Crippen LogP contribution in [0.25, 0.3) is 21.3 Å². The van der Waals surface area contributed by atoms with Crippen LogP contribution in [0.3, 0.4) is 0 Å². The predicted molar refractivity (Wildman–Crippen MR) is 127 cm³/mol. The Labute approximate surface area is 181 Å². The minimum absolute atomic E-state index is 0.766. The van der Waals surface area contributed by atoms with Gasteiger partial charge in [-0.15, -0.1) is 0 Å². The van der Waals surface area contributed by atoms with Crippen molar-refractivity contribution in [2.45, 2.75) is 13.1 Å². The molecule has 30 heavy (non-hydrogen) atoms. The minimum Gasteiger partial charge on any atom is -0.357 e. The highest BCUT2D eigenvalue weighted by Crippen LogP contribution is 2.30. The summed E-state index contributed by atoms with van der Waals surface area (Å²) in [6.07, 6.45) is 3.65. The molecule has 2 aromatic heterocycles. The summed E-state index contributed by atoms with van der Waals surface area (Å²) in [7, 11) is 4.19. The third-order valence-corrected chi connectivity index (χ3v) is 5.88. The van der Waals surface area contributed by atoms with Crippen LogP contribution in [0.2, 0.25) is 0 Å². The van der Waals surface area contributed by atoms with E-state index in [-0.39, 0.29) is 0 Å². The molecule has 0 aliphatic heterocycles. The van der Waals surface area contributed by atoms with E-state index in [2.05, 4.69) is 77.1 Å². The van der Waals surface area contributed by atoms with E-state index in [1.165, 1.54) is 27.0 Å². The molecule has 2 heterocycles. The van der Waals surface area contributed by atoms with Gasteiger partial charge in [0.1, 0.15) is 0 Å². The molecule has 2 aromatic carbocycles. The van der Waals surface area contributed by atoms with E-state index in [0.717, 1.165) is 36.8 Å². The van der Waals surface area contributed by atoms with Crippen molar-refractivity contribution in [1.29, 1.82) is 0 Å². The summed E-state index contributed by atoms with van der Waals surface area (Å²) in [4.78, 5) is 11.0. The highest BCUT2D eigenvalue weighted by Gasteiger charge is 2.06. The zero-order chi connectivity index (χ0) is 20.8. The van der Waals surface area contributed by atoms with E-state index in [4.69, 9.17) is 4.98 Å². The second kappa shape index (κ2) is 9.80. The number of nitrogens with one attached hydrogen (secondary N) is 2. The Morgan fingerprint density at radius 1 is 0.900 bits per heavy atom. The Morgan fingerprint density at radius 3 is 2.50 bits per heavy atom. The first-order chi connectivity index (χ1) is 14.7. The average molecular weight is 418 g/mol. The number of likely N-dealkylation sites (N-methyl/N-ethyl adjacent to an activating group) is 1. The van der Waals surface area contributed by atoms with Gasteiger partial charge in [-0.05, 0) is 60.6 Å². The number of anilines is 1. The maximum atomic E-state index is 4.74. The second-order valence-corrected chi connectivity index (χ2v) is 8.62. The smallest absolute Gasteiger partial charge is 0.184 e. The number of benzene rings is 2. The summed E-state index contributed by atoms with van der Waals surface area (Å²) >= 11 is 1.69. The molecule has 154 valence electrons. The summed E-state index contributed by atoms with van der Waals surface area (Å²) in [6, 6.07) is 19.2. The van der Waals surface area contributed by atoms with E-state index < -0.39 is 0 Å². The van der Waals surface area contributed by atoms with E-state index in [1.807, 2.05) is 24.5 Å². The number of hydrogen-bond donors (Lipinski definition) is 2. The molecule has 0 saturated heterocycles. The molecule has 4 aromatic rings. The molecule has 6 heteroatoms. The molecular formula is C24H27N5S. The maximum absolute atomic E-state index is 4.74. The first-order valence-electron chi connectivity index (χ1n) is 10.2. The van der Waals surface area contributed by atoms with Crippen LogP contribution in [0.4, 0.5) is 5.13 Å². The second-order valence-electron chi connectivity index (χ2n) is 7.59. The van der Waals surface area contributed by atoms with Crippen LogP contribution in [-0.4, -0.2) is 42.1 Å². The SMILES string of the molecule is CN(C)CCNCc1cccc(CNc2nc3ccc(-c4ccncc4)cc3s2)c1. The van der Waals surface area contributed by atoms with Crippen molar-refractivity contribution < 1.29 is 0 Å². The van der Waals surface area contributed by atoms with Crippen LogP contribution < -0.4 is 10.6 Å². The summed E-state index contributed by atoms with van der Waals surface area (Å²) in [5.41, 5.74) is 5.96. The largest absolute Gasteiger partial charge is 0.357 e. The molecule has 0 unspecified atom stereocenters. The molecule has 0 spiro atoms. The van der Waals surface area contributed by atoms with Crippen molar-refractivity contribution in [1.82, 2.24) is 20.2 Å². The Kier molecular flexibility index (Phi) is 6.69. The number of thiazole rings is 1. The Morgan fingerprint density at radius 2 is 1.70 bits per heavy atom. The standard InChI is InChI=1S/C24H27N5S/c1-29(2)13-12-26-16-18-4-3-5-19(14-18)17-27-24-28-22-7-6-21(15-23(22)30-24)20-8-10-25-11-9-20/h3-11,14-15,26H,12-13,16-17H2,1-2H3,(H,27,28). The lowest BCUT2D eigenvalue weighted by molar-refractivity contribution is 0.400. The monoisotopic (exact) mass is 417 g/mol. The number of nitrogens with zero attached hydrogens (tertiary/aromatic N) is 3. The lowest BCUT2D eigenvalue weighted by atomic mass is 10.1. The molecule has 0 atom stereocenters.